The van der Waals surface area contributed by atoms with Crippen molar-refractivity contribution in [3.63, 3.8) is 0 Å². The lowest BCUT2D eigenvalue weighted by Crippen LogP contribution is -2.08. The van der Waals surface area contributed by atoms with Gasteiger partial charge in [-0.05, 0) is 30.3 Å². The molecule has 0 aliphatic carbocycles. The van der Waals surface area contributed by atoms with E-state index in [0.29, 0.717) is 32.8 Å². The van der Waals surface area contributed by atoms with E-state index in [9.17, 15) is 4.79 Å². The largest absolute Gasteiger partial charge is 0.497 e. The summed E-state index contributed by atoms with van der Waals surface area (Å²) in [6.45, 7) is 0.0424. The molecule has 0 N–H and O–H groups in total. The highest BCUT2D eigenvalue weighted by atomic mass is 35.5. The number of hydrogen-bond acceptors (Lipinski definition) is 7. The van der Waals surface area contributed by atoms with Gasteiger partial charge in [0, 0.05) is 17.0 Å². The van der Waals surface area contributed by atoms with E-state index >= 15 is 0 Å². The molecule has 0 aliphatic heterocycles. The first kappa shape index (κ1) is 18.6. The van der Waals surface area contributed by atoms with Crippen molar-refractivity contribution < 1.29 is 18.7 Å². The second-order valence-corrected chi connectivity index (χ2v) is 7.18. The molecule has 0 radical (unpaired) electrons. The van der Waals surface area contributed by atoms with E-state index in [4.69, 9.17) is 25.5 Å². The zero-order valence-corrected chi connectivity index (χ0v) is 16.4. The van der Waals surface area contributed by atoms with E-state index in [2.05, 4.69) is 9.97 Å². The molecule has 2 heterocycles. The summed E-state index contributed by atoms with van der Waals surface area (Å²) in [6.07, 6.45) is 0. The van der Waals surface area contributed by atoms with E-state index < -0.39 is 5.97 Å². The summed E-state index contributed by atoms with van der Waals surface area (Å²) in [5.41, 5.74) is 2.79. The van der Waals surface area contributed by atoms with Gasteiger partial charge in [0.15, 0.2) is 5.58 Å². The van der Waals surface area contributed by atoms with Crippen LogP contribution >= 0.6 is 23.4 Å². The Balaban J connectivity index is 1.38. The van der Waals surface area contributed by atoms with Crippen LogP contribution in [0, 0.1) is 0 Å². The number of thioether (sulfide) groups is 1. The van der Waals surface area contributed by atoms with Crippen LogP contribution in [0.3, 0.4) is 0 Å². The van der Waals surface area contributed by atoms with Crippen molar-refractivity contribution in [2.75, 3.05) is 12.9 Å². The fourth-order valence-electron chi connectivity index (χ4n) is 2.63. The first-order chi connectivity index (χ1) is 13.6. The second-order valence-electron chi connectivity index (χ2n) is 5.89. The lowest BCUT2D eigenvalue weighted by molar-refractivity contribution is -0.141. The Labute approximate surface area is 169 Å². The molecular formula is C20H15ClN2O4S. The van der Waals surface area contributed by atoms with E-state index in [1.807, 2.05) is 42.5 Å². The molecule has 0 aliphatic rings. The quantitative estimate of drug-likeness (QED) is 0.253. The molecule has 2 aromatic heterocycles. The Hall–Kier alpha value is -2.77. The third kappa shape index (κ3) is 4.05. The minimum atomic E-state index is -0.391. The van der Waals surface area contributed by atoms with Crippen LogP contribution in [0.5, 0.6) is 5.75 Å². The van der Waals surface area contributed by atoms with Crippen LogP contribution in [-0.2, 0) is 16.1 Å². The van der Waals surface area contributed by atoms with Crippen molar-refractivity contribution in [3.05, 3.63) is 59.2 Å². The van der Waals surface area contributed by atoms with Crippen molar-refractivity contribution >= 4 is 51.3 Å². The fourth-order valence-corrected chi connectivity index (χ4v) is 3.47. The molecule has 4 aromatic rings. The molecule has 28 heavy (non-hydrogen) atoms. The summed E-state index contributed by atoms with van der Waals surface area (Å²) in [7, 11) is 1.59. The van der Waals surface area contributed by atoms with Gasteiger partial charge in [-0.1, -0.05) is 35.5 Å². The van der Waals surface area contributed by atoms with Crippen molar-refractivity contribution in [1.82, 2.24) is 9.97 Å². The Bertz CT molecular complexity index is 1130. The molecule has 6 nitrogen and oxygen atoms in total. The van der Waals surface area contributed by atoms with E-state index in [0.717, 1.165) is 10.9 Å². The van der Waals surface area contributed by atoms with E-state index in [1.165, 1.54) is 11.8 Å². The highest BCUT2D eigenvalue weighted by Gasteiger charge is 2.12. The number of carbonyl (C=O) groups is 1. The van der Waals surface area contributed by atoms with Gasteiger partial charge in [0.05, 0.1) is 12.6 Å². The van der Waals surface area contributed by atoms with Crippen molar-refractivity contribution in [3.8, 4) is 5.75 Å². The molecule has 0 fully saturated rings. The number of oxazole rings is 1. The van der Waals surface area contributed by atoms with Crippen molar-refractivity contribution in [1.29, 1.82) is 0 Å². The molecule has 0 bridgehead atoms. The fraction of sp³-hybridized carbons (Fsp3) is 0.150. The SMILES string of the molecule is COc1ccc2cc(COC(=O)CSc3nc4ccccc4o3)c(Cl)nc2c1. The van der Waals surface area contributed by atoms with Gasteiger partial charge in [-0.15, -0.1) is 0 Å². The predicted molar refractivity (Wildman–Crippen MR) is 108 cm³/mol. The second kappa shape index (κ2) is 8.08. The Morgan fingerprint density at radius 3 is 2.82 bits per heavy atom. The Morgan fingerprint density at radius 1 is 1.14 bits per heavy atom. The number of aromatic nitrogens is 2. The van der Waals surface area contributed by atoms with Crippen molar-refractivity contribution in [2.24, 2.45) is 0 Å². The lowest BCUT2D eigenvalue weighted by atomic mass is 10.1. The van der Waals surface area contributed by atoms with Crippen LogP contribution < -0.4 is 4.74 Å². The molecule has 0 saturated heterocycles. The molecule has 0 spiro atoms. The molecule has 8 heteroatoms. The van der Waals surface area contributed by atoms with Gasteiger partial charge in [0.25, 0.3) is 5.22 Å². The number of ether oxygens (including phenoxy) is 2. The van der Waals surface area contributed by atoms with Crippen LogP contribution in [0.15, 0.2) is 58.2 Å². The molecule has 2 aromatic carbocycles. The predicted octanol–water partition coefficient (Wildman–Crippen LogP) is 4.87. The van der Waals surface area contributed by atoms with Crippen LogP contribution in [0.1, 0.15) is 5.56 Å². The molecule has 142 valence electrons. The maximum Gasteiger partial charge on any atom is 0.316 e. The molecule has 4 rings (SSSR count). The van der Waals surface area contributed by atoms with Gasteiger partial charge in [0.2, 0.25) is 0 Å². The highest BCUT2D eigenvalue weighted by Crippen LogP contribution is 2.26. The van der Waals surface area contributed by atoms with Gasteiger partial charge >= 0.3 is 5.97 Å². The summed E-state index contributed by atoms with van der Waals surface area (Å²) in [6, 6.07) is 14.8. The van der Waals surface area contributed by atoms with Crippen LogP contribution in [0.4, 0.5) is 0 Å². The number of carbonyl (C=O) groups excluding carboxylic acids is 1. The number of benzene rings is 2. The standard InChI is InChI=1S/C20H15ClN2O4S/c1-25-14-7-6-12-8-13(19(21)22-16(12)9-14)10-26-18(24)11-28-20-23-15-4-2-3-5-17(15)27-20/h2-9H,10-11H2,1H3. The number of fused-ring (bicyclic) bond motifs is 2. The third-order valence-corrected chi connectivity index (χ3v) is 5.16. The third-order valence-electron chi connectivity index (χ3n) is 4.03. The Kier molecular flexibility index (Phi) is 5.36. The van der Waals surface area contributed by atoms with Gasteiger partial charge < -0.3 is 13.9 Å². The Morgan fingerprint density at radius 2 is 2.00 bits per heavy atom. The zero-order valence-electron chi connectivity index (χ0n) is 14.8. The average molecular weight is 415 g/mol. The molecule has 0 atom stereocenters. The van der Waals surface area contributed by atoms with Gasteiger partial charge in [-0.25, -0.2) is 9.97 Å². The maximum atomic E-state index is 12.1. The molecule has 0 saturated carbocycles. The monoisotopic (exact) mass is 414 g/mol. The number of nitrogens with zero attached hydrogens (tertiary/aromatic N) is 2. The first-order valence-corrected chi connectivity index (χ1v) is 9.76. The summed E-state index contributed by atoms with van der Waals surface area (Å²) < 4.78 is 16.1. The van der Waals surface area contributed by atoms with E-state index in [1.54, 1.807) is 13.2 Å². The van der Waals surface area contributed by atoms with Gasteiger partial charge in [-0.2, -0.15) is 0 Å². The summed E-state index contributed by atoms with van der Waals surface area (Å²) >= 11 is 7.41. The smallest absolute Gasteiger partial charge is 0.316 e. The number of halogens is 1. The molecule has 0 amide bonds. The lowest BCUT2D eigenvalue weighted by Gasteiger charge is -2.08. The zero-order chi connectivity index (χ0) is 19.5. The average Bonchev–Trinajstić information content (AvgIpc) is 3.13. The number of hydrogen-bond donors (Lipinski definition) is 0. The van der Waals surface area contributed by atoms with Crippen LogP contribution in [0.25, 0.3) is 22.0 Å². The molecular weight excluding hydrogens is 400 g/mol. The summed E-state index contributed by atoms with van der Waals surface area (Å²) in [5.74, 6) is 0.396. The van der Waals surface area contributed by atoms with Gasteiger partial charge in [0.1, 0.15) is 28.8 Å². The van der Waals surface area contributed by atoms with Gasteiger partial charge in [-0.3, -0.25) is 4.79 Å². The highest BCUT2D eigenvalue weighted by molar-refractivity contribution is 7.99. The minimum absolute atomic E-state index is 0.0424. The normalized spacial score (nSPS) is 11.1. The summed E-state index contributed by atoms with van der Waals surface area (Å²) in [4.78, 5) is 20.7. The molecule has 0 unspecified atom stereocenters. The van der Waals surface area contributed by atoms with Crippen LogP contribution in [-0.4, -0.2) is 28.8 Å². The summed E-state index contributed by atoms with van der Waals surface area (Å²) in [5, 5.41) is 1.61. The minimum Gasteiger partial charge on any atom is -0.497 e. The number of para-hydroxylation sites is 2. The maximum absolute atomic E-state index is 12.1. The first-order valence-electron chi connectivity index (χ1n) is 8.39. The van der Waals surface area contributed by atoms with E-state index in [-0.39, 0.29) is 12.4 Å². The number of pyridine rings is 1. The number of esters is 1. The van der Waals surface area contributed by atoms with Crippen LogP contribution in [0.2, 0.25) is 5.15 Å². The topological polar surface area (TPSA) is 74.5 Å². The number of rotatable bonds is 6. The number of methoxy groups -OCH3 is 1. The van der Waals surface area contributed by atoms with Crippen molar-refractivity contribution in [2.45, 2.75) is 11.8 Å².